The third-order valence-corrected chi connectivity index (χ3v) is 2.36. The van der Waals surface area contributed by atoms with Crippen LogP contribution in [0.15, 0.2) is 18.2 Å². The third-order valence-electron chi connectivity index (χ3n) is 2.36. The highest BCUT2D eigenvalue weighted by atomic mass is 16.5. The van der Waals surface area contributed by atoms with Crippen molar-refractivity contribution < 1.29 is 14.3 Å². The number of nitrogen functional groups attached to an aromatic ring is 1. The van der Waals surface area contributed by atoms with E-state index in [1.165, 1.54) is 14.0 Å². The number of hydrogen-bond donors (Lipinski definition) is 1. The first-order valence-corrected chi connectivity index (χ1v) is 5.50. The number of ketones is 1. The summed E-state index contributed by atoms with van der Waals surface area (Å²) in [7, 11) is 1.34. The number of ether oxygens (including phenoxy) is 1. The average Bonchev–Trinajstić information content (AvgIpc) is 2.35. The van der Waals surface area contributed by atoms with E-state index < -0.39 is 0 Å². The normalized spacial score (nSPS) is 9.22. The summed E-state index contributed by atoms with van der Waals surface area (Å²) in [5.41, 5.74) is 7.45. The summed E-state index contributed by atoms with van der Waals surface area (Å²) in [6.45, 7) is 1.49. The maximum atomic E-state index is 11.2. The summed E-state index contributed by atoms with van der Waals surface area (Å²) in [6, 6.07) is 4.97. The van der Waals surface area contributed by atoms with Crippen molar-refractivity contribution in [1.29, 1.82) is 0 Å². The molecule has 0 aliphatic carbocycles. The summed E-state index contributed by atoms with van der Waals surface area (Å²) in [6.07, 6.45) is 0.645. The number of carbonyl (C=O) groups is 2. The van der Waals surface area contributed by atoms with Gasteiger partial charge >= 0.3 is 5.97 Å². The fourth-order valence-electron chi connectivity index (χ4n) is 1.31. The fourth-order valence-corrected chi connectivity index (χ4v) is 1.31. The molecule has 18 heavy (non-hydrogen) atoms. The maximum Gasteiger partial charge on any atom is 0.306 e. The standard InChI is InChI=1S/C14H15NO3/c1-10(16)11-7-8-13(15)12(9-11)5-3-4-6-14(17)18-2/h7-9H,4,6,15H2,1-2H3. The monoisotopic (exact) mass is 245 g/mol. The molecule has 4 heteroatoms. The molecule has 0 aliphatic heterocycles. The van der Waals surface area contributed by atoms with Gasteiger partial charge in [0.1, 0.15) is 0 Å². The van der Waals surface area contributed by atoms with Crippen LogP contribution in [0.3, 0.4) is 0 Å². The number of rotatable bonds is 3. The van der Waals surface area contributed by atoms with E-state index in [0.717, 1.165) is 0 Å². The van der Waals surface area contributed by atoms with Gasteiger partial charge in [0.15, 0.2) is 5.78 Å². The quantitative estimate of drug-likeness (QED) is 0.381. The molecule has 0 heterocycles. The molecule has 0 saturated carbocycles. The van der Waals surface area contributed by atoms with Gasteiger partial charge in [-0.15, -0.1) is 0 Å². The summed E-state index contributed by atoms with van der Waals surface area (Å²) >= 11 is 0. The van der Waals surface area contributed by atoms with Crippen molar-refractivity contribution in [3.05, 3.63) is 29.3 Å². The van der Waals surface area contributed by atoms with Gasteiger partial charge in [-0.05, 0) is 25.1 Å². The van der Waals surface area contributed by atoms with E-state index in [4.69, 9.17) is 5.73 Å². The van der Waals surface area contributed by atoms with Gasteiger partial charge in [0.25, 0.3) is 0 Å². The molecule has 1 rings (SSSR count). The lowest BCUT2D eigenvalue weighted by molar-refractivity contribution is -0.140. The van der Waals surface area contributed by atoms with E-state index in [-0.39, 0.29) is 18.2 Å². The zero-order chi connectivity index (χ0) is 13.5. The van der Waals surface area contributed by atoms with Crippen molar-refractivity contribution in [2.75, 3.05) is 12.8 Å². The highest BCUT2D eigenvalue weighted by Crippen LogP contribution is 2.13. The summed E-state index contributed by atoms with van der Waals surface area (Å²) in [5.74, 6) is 5.35. The summed E-state index contributed by atoms with van der Waals surface area (Å²) in [5, 5.41) is 0. The molecule has 0 atom stereocenters. The number of benzene rings is 1. The van der Waals surface area contributed by atoms with Gasteiger partial charge in [0, 0.05) is 23.2 Å². The van der Waals surface area contributed by atoms with Crippen LogP contribution in [0.25, 0.3) is 0 Å². The molecule has 0 fully saturated rings. The smallest absolute Gasteiger partial charge is 0.306 e. The number of esters is 1. The number of methoxy groups -OCH3 is 1. The second-order valence-corrected chi connectivity index (χ2v) is 3.74. The molecule has 1 aromatic carbocycles. The minimum absolute atomic E-state index is 0.0346. The molecule has 0 amide bonds. The lowest BCUT2D eigenvalue weighted by Crippen LogP contribution is -1.98. The molecule has 94 valence electrons. The number of anilines is 1. The van der Waals surface area contributed by atoms with Crippen molar-refractivity contribution in [1.82, 2.24) is 0 Å². The minimum Gasteiger partial charge on any atom is -0.469 e. The zero-order valence-corrected chi connectivity index (χ0v) is 10.4. The molecule has 1 aromatic rings. The maximum absolute atomic E-state index is 11.2. The van der Waals surface area contributed by atoms with Gasteiger partial charge in [-0.25, -0.2) is 0 Å². The van der Waals surface area contributed by atoms with Crippen LogP contribution in [0, 0.1) is 11.8 Å². The Bertz CT molecular complexity index is 524. The molecular weight excluding hydrogens is 230 g/mol. The third kappa shape index (κ3) is 3.95. The first kappa shape index (κ1) is 13.8. The number of carbonyl (C=O) groups excluding carboxylic acids is 2. The van der Waals surface area contributed by atoms with Crippen molar-refractivity contribution >= 4 is 17.4 Å². The Kier molecular flexibility index (Phi) is 4.94. The van der Waals surface area contributed by atoms with E-state index in [1.807, 2.05) is 0 Å². The number of hydrogen-bond acceptors (Lipinski definition) is 4. The van der Waals surface area contributed by atoms with E-state index >= 15 is 0 Å². The van der Waals surface area contributed by atoms with Crippen molar-refractivity contribution in [3.8, 4) is 11.8 Å². The van der Waals surface area contributed by atoms with Crippen molar-refractivity contribution in [2.45, 2.75) is 19.8 Å². The summed E-state index contributed by atoms with van der Waals surface area (Å²) < 4.78 is 4.50. The van der Waals surface area contributed by atoms with Gasteiger partial charge in [0.05, 0.1) is 13.5 Å². The molecule has 2 N–H and O–H groups in total. The van der Waals surface area contributed by atoms with Gasteiger partial charge in [-0.1, -0.05) is 11.8 Å². The SMILES string of the molecule is COC(=O)CCC#Cc1cc(C(C)=O)ccc1N. The van der Waals surface area contributed by atoms with E-state index in [1.54, 1.807) is 18.2 Å². The van der Waals surface area contributed by atoms with Crippen molar-refractivity contribution in [3.63, 3.8) is 0 Å². The van der Waals surface area contributed by atoms with Crippen molar-refractivity contribution in [2.24, 2.45) is 0 Å². The molecule has 0 saturated heterocycles. The van der Waals surface area contributed by atoms with Crippen LogP contribution in [-0.2, 0) is 9.53 Å². The Morgan fingerprint density at radius 1 is 1.39 bits per heavy atom. The number of nitrogens with two attached hydrogens (primary N) is 1. The Hall–Kier alpha value is -2.28. The van der Waals surface area contributed by atoms with Crippen LogP contribution in [-0.4, -0.2) is 18.9 Å². The van der Waals surface area contributed by atoms with Crippen LogP contribution in [0.1, 0.15) is 35.7 Å². The van der Waals surface area contributed by atoms with Crippen LogP contribution < -0.4 is 5.73 Å². The first-order valence-electron chi connectivity index (χ1n) is 5.50. The van der Waals surface area contributed by atoms with Gasteiger partial charge in [-0.3, -0.25) is 9.59 Å². The van der Waals surface area contributed by atoms with E-state index in [0.29, 0.717) is 23.2 Å². The highest BCUT2D eigenvalue weighted by Gasteiger charge is 2.02. The van der Waals surface area contributed by atoms with Gasteiger partial charge < -0.3 is 10.5 Å². The molecule has 0 spiro atoms. The lowest BCUT2D eigenvalue weighted by Gasteiger charge is -2.00. The van der Waals surface area contributed by atoms with Crippen LogP contribution in [0.2, 0.25) is 0 Å². The topological polar surface area (TPSA) is 69.4 Å². The molecular formula is C14H15NO3. The highest BCUT2D eigenvalue weighted by molar-refractivity contribution is 5.95. The second kappa shape index (κ2) is 6.45. The zero-order valence-electron chi connectivity index (χ0n) is 10.4. The van der Waals surface area contributed by atoms with Crippen LogP contribution in [0.4, 0.5) is 5.69 Å². The lowest BCUT2D eigenvalue weighted by atomic mass is 10.1. The molecule has 0 unspecified atom stereocenters. The van der Waals surface area contributed by atoms with Gasteiger partial charge in [0.2, 0.25) is 0 Å². The Morgan fingerprint density at radius 2 is 2.11 bits per heavy atom. The first-order chi connectivity index (χ1) is 8.54. The van der Waals surface area contributed by atoms with E-state index in [2.05, 4.69) is 16.6 Å². The van der Waals surface area contributed by atoms with E-state index in [9.17, 15) is 9.59 Å². The van der Waals surface area contributed by atoms with Crippen LogP contribution >= 0.6 is 0 Å². The average molecular weight is 245 g/mol. The Balaban J connectivity index is 2.78. The summed E-state index contributed by atoms with van der Waals surface area (Å²) in [4.78, 5) is 22.1. The van der Waals surface area contributed by atoms with Gasteiger partial charge in [-0.2, -0.15) is 0 Å². The number of Topliss-reactive ketones (excluding diaryl/α,β-unsaturated/α-hetero) is 1. The Morgan fingerprint density at radius 3 is 2.72 bits per heavy atom. The molecule has 0 bridgehead atoms. The molecule has 0 aliphatic rings. The minimum atomic E-state index is -0.297. The molecule has 4 nitrogen and oxygen atoms in total. The predicted molar refractivity (Wildman–Crippen MR) is 69.0 cm³/mol. The fraction of sp³-hybridized carbons (Fsp3) is 0.286. The predicted octanol–water partition coefficient (Wildman–Crippen LogP) is 1.78. The molecule has 0 radical (unpaired) electrons. The molecule has 0 aromatic heterocycles. The van der Waals surface area contributed by atoms with Crippen LogP contribution in [0.5, 0.6) is 0 Å². The Labute approximate surface area is 106 Å². The second-order valence-electron chi connectivity index (χ2n) is 3.74. The largest absolute Gasteiger partial charge is 0.469 e.